The van der Waals surface area contributed by atoms with Crippen LogP contribution in [-0.4, -0.2) is 47.8 Å². The minimum absolute atomic E-state index is 0.116. The molecule has 7 heteroatoms. The summed E-state index contributed by atoms with van der Waals surface area (Å²) in [5.74, 6) is -0.742. The fourth-order valence-electron chi connectivity index (χ4n) is 4.59. The number of amides is 3. The van der Waals surface area contributed by atoms with Crippen LogP contribution < -0.4 is 16.0 Å². The lowest BCUT2D eigenvalue weighted by atomic mass is 9.91. The number of hydrogen-bond acceptors (Lipinski definition) is 5. The highest BCUT2D eigenvalue weighted by atomic mass is 16.2. The molecule has 0 spiro atoms. The van der Waals surface area contributed by atoms with Crippen LogP contribution in [0.4, 0.5) is 0 Å². The number of imide groups is 1. The van der Waals surface area contributed by atoms with E-state index in [2.05, 4.69) is 22.0 Å². The number of benzene rings is 1. The predicted octanol–water partition coefficient (Wildman–Crippen LogP) is 1.07. The zero-order valence-electron chi connectivity index (χ0n) is 16.3. The van der Waals surface area contributed by atoms with E-state index in [1.165, 1.54) is 25.7 Å². The number of carbonyl (C=O) groups excluding carboxylic acids is 3. The lowest BCUT2D eigenvalue weighted by Gasteiger charge is -2.29. The normalized spacial score (nSPS) is 27.7. The second-order valence-electron chi connectivity index (χ2n) is 8.11. The quantitative estimate of drug-likeness (QED) is 0.661. The van der Waals surface area contributed by atoms with Crippen LogP contribution in [0.1, 0.15) is 60.0 Å². The van der Waals surface area contributed by atoms with Crippen LogP contribution >= 0.6 is 0 Å². The molecular weight excluding hydrogens is 356 g/mol. The number of piperidine rings is 1. The summed E-state index contributed by atoms with van der Waals surface area (Å²) in [4.78, 5) is 37.8. The zero-order chi connectivity index (χ0) is 19.7. The Morgan fingerprint density at radius 2 is 1.82 bits per heavy atom. The van der Waals surface area contributed by atoms with Gasteiger partial charge in [0.1, 0.15) is 6.04 Å². The summed E-state index contributed by atoms with van der Waals surface area (Å²) in [6, 6.07) is 6.57. The SMILES string of the molecule is CNC1CCC(NCc2ccc3c(c2)CN(C2CCC(=O)NC2=O)C3=O)CC1. The van der Waals surface area contributed by atoms with E-state index in [0.717, 1.165) is 17.7 Å². The summed E-state index contributed by atoms with van der Waals surface area (Å²) < 4.78 is 0. The summed E-state index contributed by atoms with van der Waals surface area (Å²) >= 11 is 0. The first-order valence-electron chi connectivity index (χ1n) is 10.2. The summed E-state index contributed by atoms with van der Waals surface area (Å²) in [5, 5.41) is 9.34. The highest BCUT2D eigenvalue weighted by Crippen LogP contribution is 2.28. The van der Waals surface area contributed by atoms with Crippen molar-refractivity contribution in [2.75, 3.05) is 7.05 Å². The Morgan fingerprint density at radius 1 is 1.07 bits per heavy atom. The van der Waals surface area contributed by atoms with Gasteiger partial charge < -0.3 is 15.5 Å². The van der Waals surface area contributed by atoms with Crippen molar-refractivity contribution < 1.29 is 14.4 Å². The molecule has 1 unspecified atom stereocenters. The first-order valence-corrected chi connectivity index (χ1v) is 10.2. The van der Waals surface area contributed by atoms with Gasteiger partial charge in [0.15, 0.2) is 0 Å². The Kier molecular flexibility index (Phi) is 5.46. The Labute approximate surface area is 165 Å². The van der Waals surface area contributed by atoms with E-state index < -0.39 is 6.04 Å². The third kappa shape index (κ3) is 3.82. The van der Waals surface area contributed by atoms with Crippen molar-refractivity contribution in [2.45, 2.75) is 69.7 Å². The predicted molar refractivity (Wildman–Crippen MR) is 104 cm³/mol. The second-order valence-corrected chi connectivity index (χ2v) is 8.11. The van der Waals surface area contributed by atoms with Crippen molar-refractivity contribution in [2.24, 2.45) is 0 Å². The third-order valence-corrected chi connectivity index (χ3v) is 6.32. The maximum atomic E-state index is 12.7. The Morgan fingerprint density at radius 3 is 2.54 bits per heavy atom. The molecule has 1 saturated carbocycles. The minimum Gasteiger partial charge on any atom is -0.322 e. The summed E-state index contributed by atoms with van der Waals surface area (Å²) in [6.45, 7) is 1.22. The van der Waals surface area contributed by atoms with Gasteiger partial charge in [0.25, 0.3) is 5.91 Å². The number of fused-ring (bicyclic) bond motifs is 1. The number of nitrogens with one attached hydrogen (secondary N) is 3. The molecule has 150 valence electrons. The first kappa shape index (κ1) is 19.1. The van der Waals surface area contributed by atoms with Crippen molar-refractivity contribution in [1.29, 1.82) is 0 Å². The molecule has 0 aromatic heterocycles. The highest BCUT2D eigenvalue weighted by molar-refractivity contribution is 6.05. The van der Waals surface area contributed by atoms with E-state index in [1.54, 1.807) is 4.90 Å². The van der Waals surface area contributed by atoms with E-state index in [-0.39, 0.29) is 24.1 Å². The van der Waals surface area contributed by atoms with Crippen LogP contribution in [0.2, 0.25) is 0 Å². The largest absolute Gasteiger partial charge is 0.322 e. The molecule has 1 aromatic carbocycles. The molecule has 2 aliphatic heterocycles. The van der Waals surface area contributed by atoms with Crippen molar-refractivity contribution in [3.63, 3.8) is 0 Å². The lowest BCUT2D eigenvalue weighted by Crippen LogP contribution is -2.52. The molecule has 1 atom stereocenters. The van der Waals surface area contributed by atoms with Crippen LogP contribution in [0.15, 0.2) is 18.2 Å². The van der Waals surface area contributed by atoms with Gasteiger partial charge in [-0.15, -0.1) is 0 Å². The fourth-order valence-corrected chi connectivity index (χ4v) is 4.59. The van der Waals surface area contributed by atoms with Gasteiger partial charge in [-0.2, -0.15) is 0 Å². The van der Waals surface area contributed by atoms with Gasteiger partial charge in [-0.05, 0) is 56.3 Å². The van der Waals surface area contributed by atoms with Crippen LogP contribution in [0.5, 0.6) is 0 Å². The van der Waals surface area contributed by atoms with E-state index >= 15 is 0 Å². The molecule has 7 nitrogen and oxygen atoms in total. The molecule has 3 N–H and O–H groups in total. The summed E-state index contributed by atoms with van der Waals surface area (Å²) in [7, 11) is 2.03. The average molecular weight is 384 g/mol. The number of carbonyl (C=O) groups is 3. The smallest absolute Gasteiger partial charge is 0.255 e. The van der Waals surface area contributed by atoms with Gasteiger partial charge in [0.05, 0.1) is 0 Å². The molecule has 28 heavy (non-hydrogen) atoms. The zero-order valence-corrected chi connectivity index (χ0v) is 16.3. The lowest BCUT2D eigenvalue weighted by molar-refractivity contribution is -0.136. The number of nitrogens with zero attached hydrogens (tertiary/aromatic N) is 1. The molecule has 2 fully saturated rings. The highest BCUT2D eigenvalue weighted by Gasteiger charge is 2.39. The molecule has 3 aliphatic rings. The van der Waals surface area contributed by atoms with Crippen LogP contribution in [-0.2, 0) is 22.7 Å². The Hall–Kier alpha value is -2.25. The van der Waals surface area contributed by atoms with Gasteiger partial charge in [-0.1, -0.05) is 12.1 Å². The van der Waals surface area contributed by atoms with Gasteiger partial charge in [-0.3, -0.25) is 19.7 Å². The molecule has 0 radical (unpaired) electrons. The Bertz CT molecular complexity index is 786. The molecule has 1 aromatic rings. The third-order valence-electron chi connectivity index (χ3n) is 6.32. The molecule has 1 aliphatic carbocycles. The van der Waals surface area contributed by atoms with Crippen molar-refractivity contribution in [3.8, 4) is 0 Å². The summed E-state index contributed by atoms with van der Waals surface area (Å²) in [6.07, 6.45) is 5.44. The van der Waals surface area contributed by atoms with Crippen molar-refractivity contribution in [1.82, 2.24) is 20.9 Å². The van der Waals surface area contributed by atoms with Gasteiger partial charge >= 0.3 is 0 Å². The molecule has 2 heterocycles. The first-order chi connectivity index (χ1) is 13.5. The monoisotopic (exact) mass is 384 g/mol. The molecule has 1 saturated heterocycles. The van der Waals surface area contributed by atoms with E-state index in [0.29, 0.717) is 30.6 Å². The standard InChI is InChI=1S/C21H28N4O3/c1-22-15-3-5-16(6-4-15)23-11-13-2-7-17-14(10-13)12-25(21(17)28)18-8-9-19(26)24-20(18)27/h2,7,10,15-16,18,22-23H,3-6,8-9,11-12H2,1H3,(H,24,26,27). The average Bonchev–Trinajstić information content (AvgIpc) is 3.02. The van der Waals surface area contributed by atoms with Crippen molar-refractivity contribution >= 4 is 17.7 Å². The maximum absolute atomic E-state index is 12.7. The number of hydrogen-bond donors (Lipinski definition) is 3. The molecule has 0 bridgehead atoms. The van der Waals surface area contributed by atoms with Gasteiger partial charge in [-0.25, -0.2) is 0 Å². The van der Waals surface area contributed by atoms with Crippen molar-refractivity contribution in [3.05, 3.63) is 34.9 Å². The van der Waals surface area contributed by atoms with Crippen LogP contribution in [0, 0.1) is 0 Å². The summed E-state index contributed by atoms with van der Waals surface area (Å²) in [5.41, 5.74) is 2.79. The van der Waals surface area contributed by atoms with Gasteiger partial charge in [0.2, 0.25) is 11.8 Å². The molecule has 4 rings (SSSR count). The fraction of sp³-hybridized carbons (Fsp3) is 0.571. The second kappa shape index (κ2) is 8.01. The van der Waals surface area contributed by atoms with E-state index in [9.17, 15) is 14.4 Å². The minimum atomic E-state index is -0.554. The van der Waals surface area contributed by atoms with Gasteiger partial charge in [0, 0.05) is 37.2 Å². The van der Waals surface area contributed by atoms with Crippen LogP contribution in [0.3, 0.4) is 0 Å². The maximum Gasteiger partial charge on any atom is 0.255 e. The van der Waals surface area contributed by atoms with Crippen LogP contribution in [0.25, 0.3) is 0 Å². The molecule has 3 amide bonds. The molecular formula is C21H28N4O3. The number of rotatable bonds is 5. The van der Waals surface area contributed by atoms with E-state index in [4.69, 9.17) is 0 Å². The van der Waals surface area contributed by atoms with E-state index in [1.807, 2.05) is 19.2 Å². The Balaban J connectivity index is 1.37. The topological polar surface area (TPSA) is 90.5 Å².